The Balaban J connectivity index is 1.15. The van der Waals surface area contributed by atoms with Gasteiger partial charge in [0.15, 0.2) is 0 Å². The lowest BCUT2D eigenvalue weighted by Crippen LogP contribution is -2.45. The van der Waals surface area contributed by atoms with E-state index in [-0.39, 0.29) is 11.4 Å². The van der Waals surface area contributed by atoms with Crippen molar-refractivity contribution in [1.82, 2.24) is 24.8 Å². The van der Waals surface area contributed by atoms with Crippen molar-refractivity contribution in [1.29, 1.82) is 0 Å². The summed E-state index contributed by atoms with van der Waals surface area (Å²) in [4.78, 5) is 22.6. The van der Waals surface area contributed by atoms with Crippen molar-refractivity contribution in [3.05, 3.63) is 81.9 Å². The van der Waals surface area contributed by atoms with Crippen LogP contribution in [-0.4, -0.2) is 90.7 Å². The SMILES string of the molecule is CCN(CC)c1ccc2cc(/C=C/c3cc(N4CCN(C)CC4)c4cc(F)c(NCc5cn(CCCN6CCCCC6)nn5)cc4[n+]3C)c(=O)oc2c1. The third-order valence-corrected chi connectivity index (χ3v) is 10.9. The summed E-state index contributed by atoms with van der Waals surface area (Å²) in [6.07, 6.45) is 10.7. The molecule has 3 aromatic heterocycles. The Labute approximate surface area is 311 Å². The van der Waals surface area contributed by atoms with Crippen LogP contribution in [0.5, 0.6) is 0 Å². The number of fused-ring (bicyclic) bond motifs is 2. The van der Waals surface area contributed by atoms with Crippen LogP contribution in [-0.2, 0) is 20.1 Å². The Morgan fingerprint density at radius 1 is 0.962 bits per heavy atom. The predicted octanol–water partition coefficient (Wildman–Crippen LogP) is 5.76. The number of pyridine rings is 1. The molecule has 11 nitrogen and oxygen atoms in total. The van der Waals surface area contributed by atoms with E-state index in [1.807, 2.05) is 58.9 Å². The van der Waals surface area contributed by atoms with Crippen molar-refractivity contribution < 1.29 is 13.4 Å². The molecule has 0 spiro atoms. The molecule has 5 aromatic rings. The van der Waals surface area contributed by atoms with E-state index in [9.17, 15) is 4.79 Å². The van der Waals surface area contributed by atoms with E-state index in [0.717, 1.165) is 97.8 Å². The van der Waals surface area contributed by atoms with E-state index >= 15 is 4.39 Å². The number of aromatic nitrogens is 4. The number of piperidine rings is 1. The van der Waals surface area contributed by atoms with Crippen molar-refractivity contribution >= 4 is 51.1 Å². The summed E-state index contributed by atoms with van der Waals surface area (Å²) < 4.78 is 25.6. The van der Waals surface area contributed by atoms with Gasteiger partial charge in [0.05, 0.1) is 35.1 Å². The molecular formula is C41H53FN9O2+. The molecule has 2 aliphatic rings. The number of piperazine rings is 1. The van der Waals surface area contributed by atoms with Gasteiger partial charge in [-0.2, -0.15) is 4.57 Å². The van der Waals surface area contributed by atoms with Crippen molar-refractivity contribution in [2.45, 2.75) is 52.6 Å². The Kier molecular flexibility index (Phi) is 11.4. The zero-order valence-corrected chi connectivity index (χ0v) is 31.7. The second-order valence-electron chi connectivity index (χ2n) is 14.5. The maximum absolute atomic E-state index is 15.9. The molecule has 0 amide bonds. The first-order valence-corrected chi connectivity index (χ1v) is 19.3. The van der Waals surface area contributed by atoms with Gasteiger partial charge in [0.25, 0.3) is 0 Å². The van der Waals surface area contributed by atoms with E-state index in [4.69, 9.17) is 4.42 Å². The van der Waals surface area contributed by atoms with Crippen LogP contribution < -0.4 is 25.3 Å². The molecule has 0 saturated carbocycles. The van der Waals surface area contributed by atoms with Gasteiger partial charge in [-0.15, -0.1) is 5.10 Å². The average molecular weight is 723 g/mol. The Bertz CT molecular complexity index is 2130. The average Bonchev–Trinajstić information content (AvgIpc) is 3.63. The molecule has 0 bridgehead atoms. The number of likely N-dealkylation sites (N-methyl/N-ethyl adjacent to an activating group) is 1. The molecule has 1 N–H and O–H groups in total. The van der Waals surface area contributed by atoms with Crippen LogP contribution in [0.1, 0.15) is 56.5 Å². The lowest BCUT2D eigenvalue weighted by molar-refractivity contribution is -0.646. The van der Waals surface area contributed by atoms with Gasteiger partial charge in [-0.25, -0.2) is 9.18 Å². The monoisotopic (exact) mass is 722 g/mol. The van der Waals surface area contributed by atoms with Gasteiger partial charge in [0, 0.05) is 81.2 Å². The minimum absolute atomic E-state index is 0.317. The summed E-state index contributed by atoms with van der Waals surface area (Å²) in [5.74, 6) is -0.317. The number of likely N-dealkylation sites (tertiary alicyclic amines) is 1. The molecule has 2 aliphatic heterocycles. The normalized spacial score (nSPS) is 16.0. The number of rotatable bonds is 13. The maximum Gasteiger partial charge on any atom is 0.343 e. The molecule has 12 heteroatoms. The Hall–Kier alpha value is -4.81. The zero-order chi connectivity index (χ0) is 36.9. The number of aryl methyl sites for hydroxylation is 2. The van der Waals surface area contributed by atoms with Gasteiger partial charge >= 0.3 is 5.63 Å². The van der Waals surface area contributed by atoms with E-state index in [2.05, 4.69) is 68.3 Å². The zero-order valence-electron chi connectivity index (χ0n) is 31.7. The fraction of sp³-hybridized carbons (Fsp3) is 0.463. The van der Waals surface area contributed by atoms with Crippen LogP contribution in [0.25, 0.3) is 34.0 Å². The topological polar surface area (TPSA) is 89.8 Å². The summed E-state index contributed by atoms with van der Waals surface area (Å²) in [5.41, 5.74) is 5.58. The van der Waals surface area contributed by atoms with Crippen molar-refractivity contribution in [2.24, 2.45) is 7.05 Å². The highest BCUT2D eigenvalue weighted by molar-refractivity contribution is 5.93. The number of nitrogens with zero attached hydrogens (tertiary/aromatic N) is 8. The summed E-state index contributed by atoms with van der Waals surface area (Å²) >= 11 is 0. The molecule has 2 saturated heterocycles. The summed E-state index contributed by atoms with van der Waals surface area (Å²) in [6, 6.07) is 13.5. The quantitative estimate of drug-likeness (QED) is 0.121. The largest absolute Gasteiger partial charge is 0.422 e. The minimum Gasteiger partial charge on any atom is -0.422 e. The van der Waals surface area contributed by atoms with Crippen LogP contribution in [0.15, 0.2) is 57.9 Å². The highest BCUT2D eigenvalue weighted by Crippen LogP contribution is 2.31. The number of benzene rings is 2. The standard InChI is InChI=1S/C41H52FN9O2/c1-5-49(6-2)34-14-11-30-23-31(41(52)53-40(30)25-34)12-13-33-24-39(50-21-19-46(3)20-22-50)35-26-36(42)37(27-38(35)47(33)4)43-28-32-29-51(45-44-32)18-10-17-48-15-8-7-9-16-48/h11-14,23-27,29H,5-10,15-22,28H2,1-4H3/p+1/b13-12+. The molecule has 0 atom stereocenters. The van der Waals surface area contributed by atoms with Gasteiger partial charge in [0.1, 0.15) is 24.1 Å². The second kappa shape index (κ2) is 16.5. The number of hydrogen-bond acceptors (Lipinski definition) is 9. The molecule has 2 fully saturated rings. The van der Waals surface area contributed by atoms with Crippen molar-refractivity contribution in [2.75, 3.05) is 81.1 Å². The molecule has 0 aliphatic carbocycles. The van der Waals surface area contributed by atoms with Crippen LogP contribution in [0.3, 0.4) is 0 Å². The van der Waals surface area contributed by atoms with Crippen LogP contribution in [0.4, 0.5) is 21.5 Å². The molecular weight excluding hydrogens is 670 g/mol. The third-order valence-electron chi connectivity index (χ3n) is 10.9. The van der Waals surface area contributed by atoms with E-state index in [1.165, 1.54) is 32.4 Å². The highest BCUT2D eigenvalue weighted by atomic mass is 19.1. The third kappa shape index (κ3) is 8.39. The van der Waals surface area contributed by atoms with Crippen LogP contribution in [0, 0.1) is 5.82 Å². The van der Waals surface area contributed by atoms with Crippen molar-refractivity contribution in [3.8, 4) is 0 Å². The minimum atomic E-state index is -0.388. The fourth-order valence-electron chi connectivity index (χ4n) is 7.65. The molecule has 5 heterocycles. The number of hydrogen-bond donors (Lipinski definition) is 1. The molecule has 0 radical (unpaired) electrons. The Morgan fingerprint density at radius 3 is 2.53 bits per heavy atom. The Morgan fingerprint density at radius 2 is 1.75 bits per heavy atom. The lowest BCUT2D eigenvalue weighted by atomic mass is 10.1. The first-order valence-electron chi connectivity index (χ1n) is 19.3. The first kappa shape index (κ1) is 36.5. The molecule has 280 valence electrons. The molecule has 2 aromatic carbocycles. The van der Waals surface area contributed by atoms with Crippen LogP contribution in [0.2, 0.25) is 0 Å². The smallest absolute Gasteiger partial charge is 0.343 e. The maximum atomic E-state index is 15.9. The fourth-order valence-corrected chi connectivity index (χ4v) is 7.65. The van der Waals surface area contributed by atoms with Gasteiger partial charge < -0.3 is 29.3 Å². The number of anilines is 3. The molecule has 0 unspecified atom stereocenters. The summed E-state index contributed by atoms with van der Waals surface area (Å²) in [5, 5.41) is 13.7. The second-order valence-corrected chi connectivity index (χ2v) is 14.5. The van der Waals surface area contributed by atoms with Crippen LogP contribution >= 0.6 is 0 Å². The van der Waals surface area contributed by atoms with E-state index in [0.29, 0.717) is 23.4 Å². The predicted molar refractivity (Wildman–Crippen MR) is 212 cm³/mol. The molecule has 7 rings (SSSR count). The van der Waals surface area contributed by atoms with Gasteiger partial charge in [0.2, 0.25) is 11.2 Å². The van der Waals surface area contributed by atoms with Gasteiger partial charge in [-0.1, -0.05) is 11.6 Å². The lowest BCUT2D eigenvalue weighted by Gasteiger charge is -2.34. The molecule has 53 heavy (non-hydrogen) atoms. The first-order chi connectivity index (χ1) is 25.8. The van der Waals surface area contributed by atoms with Gasteiger partial charge in [-0.05, 0) is 90.1 Å². The summed E-state index contributed by atoms with van der Waals surface area (Å²) in [6.45, 7) is 14.1. The summed E-state index contributed by atoms with van der Waals surface area (Å²) in [7, 11) is 4.10. The number of nitrogens with one attached hydrogen (secondary N) is 1. The van der Waals surface area contributed by atoms with E-state index < -0.39 is 0 Å². The van der Waals surface area contributed by atoms with Gasteiger partial charge in [-0.3, -0.25) is 4.68 Å². The van der Waals surface area contributed by atoms with Crippen molar-refractivity contribution in [3.63, 3.8) is 0 Å². The highest BCUT2D eigenvalue weighted by Gasteiger charge is 2.24. The van der Waals surface area contributed by atoms with E-state index in [1.54, 1.807) is 6.07 Å². The number of halogens is 1.